The molecule has 86 valence electrons. The van der Waals surface area contributed by atoms with Crippen LogP contribution in [-0.2, 0) is 4.79 Å². The van der Waals surface area contributed by atoms with Crippen LogP contribution in [0.1, 0.15) is 13.3 Å². The van der Waals surface area contributed by atoms with Crippen molar-refractivity contribution in [2.24, 2.45) is 5.92 Å². The summed E-state index contributed by atoms with van der Waals surface area (Å²) in [6, 6.07) is 8.07. The molecule has 2 unspecified atom stereocenters. The average Bonchev–Trinajstić information content (AvgIpc) is 2.61. The van der Waals surface area contributed by atoms with E-state index < -0.39 is 5.97 Å². The van der Waals surface area contributed by atoms with Crippen molar-refractivity contribution in [1.29, 1.82) is 0 Å². The molecule has 3 nitrogen and oxygen atoms in total. The predicted molar refractivity (Wildman–Crippen MR) is 66.7 cm³/mol. The second kappa shape index (κ2) is 4.45. The summed E-state index contributed by atoms with van der Waals surface area (Å²) in [5.41, 5.74) is 1.10. The maximum absolute atomic E-state index is 11.0. The van der Waals surface area contributed by atoms with Gasteiger partial charge < -0.3 is 10.0 Å². The molecule has 1 aromatic carbocycles. The fourth-order valence-corrected chi connectivity index (χ4v) is 2.53. The van der Waals surface area contributed by atoms with E-state index in [0.717, 1.165) is 23.1 Å². The van der Waals surface area contributed by atoms with E-state index in [1.54, 1.807) is 0 Å². The molecule has 0 radical (unpaired) electrons. The topological polar surface area (TPSA) is 40.5 Å². The van der Waals surface area contributed by atoms with E-state index in [-0.39, 0.29) is 12.0 Å². The van der Waals surface area contributed by atoms with Gasteiger partial charge in [-0.2, -0.15) is 0 Å². The number of carboxylic acids is 1. The summed E-state index contributed by atoms with van der Waals surface area (Å²) in [6.07, 6.45) is 0.729. The predicted octanol–water partition coefficient (Wildman–Crippen LogP) is 2.75. The van der Waals surface area contributed by atoms with Gasteiger partial charge in [-0.25, -0.2) is 0 Å². The van der Waals surface area contributed by atoms with Crippen molar-refractivity contribution < 1.29 is 9.90 Å². The number of rotatable bonds is 2. The second-order valence-corrected chi connectivity index (χ2v) is 5.06. The molecule has 1 saturated heterocycles. The number of aliphatic carboxylic acids is 1. The zero-order valence-corrected chi connectivity index (χ0v) is 10.6. The third kappa shape index (κ3) is 2.07. The van der Waals surface area contributed by atoms with Crippen LogP contribution in [-0.4, -0.2) is 23.7 Å². The number of carboxylic acid groups (broad SMARTS) is 1. The van der Waals surface area contributed by atoms with Crippen molar-refractivity contribution in [3.05, 3.63) is 28.7 Å². The Morgan fingerprint density at radius 1 is 1.44 bits per heavy atom. The number of benzene rings is 1. The van der Waals surface area contributed by atoms with Gasteiger partial charge in [-0.15, -0.1) is 0 Å². The van der Waals surface area contributed by atoms with Gasteiger partial charge in [0, 0.05) is 22.7 Å². The number of nitrogens with zero attached hydrogens (tertiary/aromatic N) is 1. The Labute approximate surface area is 103 Å². The van der Waals surface area contributed by atoms with Crippen molar-refractivity contribution >= 4 is 27.6 Å². The van der Waals surface area contributed by atoms with Crippen molar-refractivity contribution in [2.75, 3.05) is 11.4 Å². The molecule has 0 saturated carbocycles. The van der Waals surface area contributed by atoms with Gasteiger partial charge in [0.05, 0.1) is 5.92 Å². The normalized spacial score (nSPS) is 24.8. The van der Waals surface area contributed by atoms with Gasteiger partial charge in [0.15, 0.2) is 0 Å². The van der Waals surface area contributed by atoms with E-state index in [1.165, 1.54) is 0 Å². The van der Waals surface area contributed by atoms with Crippen molar-refractivity contribution in [2.45, 2.75) is 19.4 Å². The Bertz CT molecular complexity index is 391. The molecule has 2 atom stereocenters. The molecule has 0 amide bonds. The maximum Gasteiger partial charge on any atom is 0.308 e. The van der Waals surface area contributed by atoms with E-state index in [2.05, 4.69) is 20.8 Å². The van der Waals surface area contributed by atoms with Gasteiger partial charge in [0.2, 0.25) is 0 Å². The quantitative estimate of drug-likeness (QED) is 0.907. The fourth-order valence-electron chi connectivity index (χ4n) is 2.27. The van der Waals surface area contributed by atoms with E-state index >= 15 is 0 Å². The number of hydrogen-bond donors (Lipinski definition) is 1. The van der Waals surface area contributed by atoms with Gasteiger partial charge in [-0.1, -0.05) is 15.9 Å². The fraction of sp³-hybridized carbons (Fsp3) is 0.417. The first-order valence-corrected chi connectivity index (χ1v) is 6.14. The Hall–Kier alpha value is -1.03. The molecule has 4 heteroatoms. The standard InChI is InChI=1S/C12H14BrNO2/c1-8-11(12(15)16)6-7-14(8)10-4-2-9(13)3-5-10/h2-5,8,11H,6-7H2,1H3,(H,15,16). The lowest BCUT2D eigenvalue weighted by Crippen LogP contribution is -2.32. The van der Waals surface area contributed by atoms with E-state index in [1.807, 2.05) is 31.2 Å². The zero-order valence-electron chi connectivity index (χ0n) is 9.06. The van der Waals surface area contributed by atoms with Gasteiger partial charge in [-0.3, -0.25) is 4.79 Å². The van der Waals surface area contributed by atoms with Crippen LogP contribution < -0.4 is 4.90 Å². The van der Waals surface area contributed by atoms with Crippen molar-refractivity contribution in [3.8, 4) is 0 Å². The van der Waals surface area contributed by atoms with Gasteiger partial charge >= 0.3 is 5.97 Å². The summed E-state index contributed by atoms with van der Waals surface area (Å²) >= 11 is 3.39. The van der Waals surface area contributed by atoms with Gasteiger partial charge in [0.1, 0.15) is 0 Å². The van der Waals surface area contributed by atoms with Crippen LogP contribution in [0.4, 0.5) is 5.69 Å². The smallest absolute Gasteiger partial charge is 0.308 e. The van der Waals surface area contributed by atoms with Crippen LogP contribution in [0, 0.1) is 5.92 Å². The highest BCUT2D eigenvalue weighted by atomic mass is 79.9. The van der Waals surface area contributed by atoms with E-state index in [0.29, 0.717) is 0 Å². The summed E-state index contributed by atoms with van der Waals surface area (Å²) < 4.78 is 1.04. The molecular formula is C12H14BrNO2. The third-order valence-electron chi connectivity index (χ3n) is 3.23. The van der Waals surface area contributed by atoms with Crippen molar-refractivity contribution in [1.82, 2.24) is 0 Å². The van der Waals surface area contributed by atoms with E-state index in [9.17, 15) is 4.79 Å². The van der Waals surface area contributed by atoms with Crippen LogP contribution in [0.15, 0.2) is 28.7 Å². The molecule has 1 aromatic rings. The highest BCUT2D eigenvalue weighted by Crippen LogP contribution is 2.30. The molecule has 1 heterocycles. The summed E-state index contributed by atoms with van der Waals surface area (Å²) in [5.74, 6) is -0.934. The molecule has 1 aliphatic rings. The summed E-state index contributed by atoms with van der Waals surface area (Å²) in [7, 11) is 0. The first kappa shape index (κ1) is 11.5. The zero-order chi connectivity index (χ0) is 11.7. The minimum atomic E-state index is -0.688. The lowest BCUT2D eigenvalue weighted by Gasteiger charge is -2.25. The highest BCUT2D eigenvalue weighted by molar-refractivity contribution is 9.10. The minimum Gasteiger partial charge on any atom is -0.481 e. The van der Waals surface area contributed by atoms with Crippen LogP contribution >= 0.6 is 15.9 Å². The van der Waals surface area contributed by atoms with Crippen LogP contribution in [0.3, 0.4) is 0 Å². The molecule has 0 aromatic heterocycles. The average molecular weight is 284 g/mol. The first-order chi connectivity index (χ1) is 7.59. The number of hydrogen-bond acceptors (Lipinski definition) is 2. The molecule has 0 spiro atoms. The summed E-state index contributed by atoms with van der Waals surface area (Å²) in [4.78, 5) is 13.2. The van der Waals surface area contributed by atoms with Gasteiger partial charge in [-0.05, 0) is 37.6 Å². The third-order valence-corrected chi connectivity index (χ3v) is 3.76. The molecule has 0 aliphatic carbocycles. The first-order valence-electron chi connectivity index (χ1n) is 5.34. The summed E-state index contributed by atoms with van der Waals surface area (Å²) in [5, 5.41) is 9.06. The Kier molecular flexibility index (Phi) is 3.19. The minimum absolute atomic E-state index is 0.0682. The van der Waals surface area contributed by atoms with Gasteiger partial charge in [0.25, 0.3) is 0 Å². The Morgan fingerprint density at radius 3 is 2.56 bits per heavy atom. The van der Waals surface area contributed by atoms with Crippen LogP contribution in [0.25, 0.3) is 0 Å². The number of halogens is 1. The largest absolute Gasteiger partial charge is 0.481 e. The molecule has 16 heavy (non-hydrogen) atoms. The van der Waals surface area contributed by atoms with Crippen LogP contribution in [0.2, 0.25) is 0 Å². The monoisotopic (exact) mass is 283 g/mol. The lowest BCUT2D eigenvalue weighted by atomic mass is 10.0. The molecule has 2 rings (SSSR count). The van der Waals surface area contributed by atoms with E-state index in [4.69, 9.17) is 5.11 Å². The molecule has 0 bridgehead atoms. The molecular weight excluding hydrogens is 270 g/mol. The SMILES string of the molecule is CC1C(C(=O)O)CCN1c1ccc(Br)cc1. The number of anilines is 1. The number of carbonyl (C=O) groups is 1. The van der Waals surface area contributed by atoms with Crippen LogP contribution in [0.5, 0.6) is 0 Å². The molecule has 1 aliphatic heterocycles. The van der Waals surface area contributed by atoms with Crippen molar-refractivity contribution in [3.63, 3.8) is 0 Å². The second-order valence-electron chi connectivity index (χ2n) is 4.14. The Morgan fingerprint density at radius 2 is 2.06 bits per heavy atom. The summed E-state index contributed by atoms with van der Waals surface area (Å²) in [6.45, 7) is 2.80. The maximum atomic E-state index is 11.0. The highest BCUT2D eigenvalue weighted by Gasteiger charge is 2.35. The Balaban J connectivity index is 2.18. The molecule has 1 N–H and O–H groups in total. The lowest BCUT2D eigenvalue weighted by molar-refractivity contribution is -0.141. The molecule has 1 fully saturated rings.